The number of thiazole rings is 1. The van der Waals surface area contributed by atoms with Crippen LogP contribution in [-0.2, 0) is 28.0 Å². The van der Waals surface area contributed by atoms with E-state index in [-0.39, 0.29) is 5.60 Å². The largest absolute Gasteiger partial charge is 0.381 e. The van der Waals surface area contributed by atoms with E-state index in [0.29, 0.717) is 0 Å². The maximum Gasteiger partial charge on any atom is 0.125 e. The van der Waals surface area contributed by atoms with Crippen LogP contribution in [0.4, 0.5) is 0 Å². The fraction of sp³-hybridized carbons (Fsp3) is 0.800. The molecular formula is C15H26N2O2S. The van der Waals surface area contributed by atoms with Crippen molar-refractivity contribution in [3.05, 3.63) is 15.6 Å². The van der Waals surface area contributed by atoms with E-state index in [0.717, 1.165) is 57.1 Å². The molecule has 0 aromatic carbocycles. The lowest BCUT2D eigenvalue weighted by atomic mass is 9.94. The Morgan fingerprint density at radius 1 is 1.35 bits per heavy atom. The van der Waals surface area contributed by atoms with Crippen LogP contribution in [0.25, 0.3) is 0 Å². The highest BCUT2D eigenvalue weighted by molar-refractivity contribution is 7.11. The minimum Gasteiger partial charge on any atom is -0.381 e. The van der Waals surface area contributed by atoms with Gasteiger partial charge in [-0.3, -0.25) is 0 Å². The molecule has 0 amide bonds. The first-order chi connectivity index (χ1) is 9.75. The van der Waals surface area contributed by atoms with Crippen molar-refractivity contribution in [1.29, 1.82) is 0 Å². The third-order valence-electron chi connectivity index (χ3n) is 3.71. The lowest BCUT2D eigenvalue weighted by molar-refractivity contribution is -0.112. The van der Waals surface area contributed by atoms with Crippen molar-refractivity contribution in [3.63, 3.8) is 0 Å². The van der Waals surface area contributed by atoms with E-state index in [1.807, 2.05) is 18.4 Å². The standard InChI is InChI=1S/C15H26N2O2S/c1-4-6-12-13(11-16-3)20-14(17-12)15(19-5-2)7-9-18-10-8-15/h16H,4-11H2,1-3H3. The summed E-state index contributed by atoms with van der Waals surface area (Å²) in [5, 5.41) is 4.40. The molecule has 2 heterocycles. The van der Waals surface area contributed by atoms with Gasteiger partial charge in [0.1, 0.15) is 10.6 Å². The fourth-order valence-corrected chi connectivity index (χ4v) is 4.03. The Hall–Kier alpha value is -0.490. The first kappa shape index (κ1) is 15.9. The predicted octanol–water partition coefficient (Wildman–Crippen LogP) is 2.86. The zero-order valence-corrected chi connectivity index (χ0v) is 13.6. The molecule has 1 aromatic rings. The van der Waals surface area contributed by atoms with Crippen LogP contribution in [0.15, 0.2) is 0 Å². The van der Waals surface area contributed by atoms with Crippen LogP contribution in [0.2, 0.25) is 0 Å². The minimum atomic E-state index is -0.216. The van der Waals surface area contributed by atoms with Gasteiger partial charge in [0.15, 0.2) is 0 Å². The van der Waals surface area contributed by atoms with Gasteiger partial charge in [-0.15, -0.1) is 11.3 Å². The van der Waals surface area contributed by atoms with Crippen molar-refractivity contribution < 1.29 is 9.47 Å². The van der Waals surface area contributed by atoms with E-state index < -0.39 is 0 Å². The van der Waals surface area contributed by atoms with Gasteiger partial charge in [-0.1, -0.05) is 13.3 Å². The van der Waals surface area contributed by atoms with Crippen molar-refractivity contribution in [3.8, 4) is 0 Å². The molecule has 5 heteroatoms. The van der Waals surface area contributed by atoms with Gasteiger partial charge in [0, 0.05) is 44.1 Å². The zero-order valence-electron chi connectivity index (χ0n) is 12.8. The van der Waals surface area contributed by atoms with Crippen molar-refractivity contribution in [2.75, 3.05) is 26.9 Å². The average molecular weight is 298 g/mol. The molecule has 0 aliphatic carbocycles. The van der Waals surface area contributed by atoms with E-state index in [4.69, 9.17) is 14.5 Å². The fourth-order valence-electron chi connectivity index (χ4n) is 2.71. The third-order valence-corrected chi connectivity index (χ3v) is 5.00. The number of ether oxygens (including phenoxy) is 2. The summed E-state index contributed by atoms with van der Waals surface area (Å²) in [7, 11) is 1.99. The number of rotatable bonds is 7. The molecule has 2 rings (SSSR count). The molecule has 4 nitrogen and oxygen atoms in total. The Labute approximate surface area is 125 Å². The number of nitrogens with one attached hydrogen (secondary N) is 1. The maximum atomic E-state index is 6.13. The molecule has 0 unspecified atom stereocenters. The topological polar surface area (TPSA) is 43.4 Å². The van der Waals surface area contributed by atoms with Gasteiger partial charge >= 0.3 is 0 Å². The van der Waals surface area contributed by atoms with Crippen LogP contribution in [-0.4, -0.2) is 31.9 Å². The summed E-state index contributed by atoms with van der Waals surface area (Å²) in [6.45, 7) is 7.42. The normalized spacial score (nSPS) is 18.4. The molecule has 1 aliphatic rings. The van der Waals surface area contributed by atoms with Gasteiger partial charge in [0.25, 0.3) is 0 Å². The molecule has 20 heavy (non-hydrogen) atoms. The molecule has 0 radical (unpaired) electrons. The number of hydrogen-bond donors (Lipinski definition) is 1. The highest BCUT2D eigenvalue weighted by Gasteiger charge is 2.38. The number of aryl methyl sites for hydroxylation is 1. The smallest absolute Gasteiger partial charge is 0.125 e. The van der Waals surface area contributed by atoms with Gasteiger partial charge < -0.3 is 14.8 Å². The molecule has 0 saturated carbocycles. The van der Waals surface area contributed by atoms with Gasteiger partial charge in [0.05, 0.1) is 5.69 Å². The predicted molar refractivity (Wildman–Crippen MR) is 82.2 cm³/mol. The second kappa shape index (κ2) is 7.50. The molecule has 1 aliphatic heterocycles. The second-order valence-corrected chi connectivity index (χ2v) is 6.29. The average Bonchev–Trinajstić information content (AvgIpc) is 2.85. The van der Waals surface area contributed by atoms with Gasteiger partial charge in [-0.05, 0) is 20.4 Å². The quantitative estimate of drug-likeness (QED) is 0.840. The number of nitrogens with zero attached hydrogens (tertiary/aromatic N) is 1. The zero-order chi connectivity index (χ0) is 14.4. The first-order valence-corrected chi connectivity index (χ1v) is 8.42. The van der Waals surface area contributed by atoms with Gasteiger partial charge in [0.2, 0.25) is 0 Å². The van der Waals surface area contributed by atoms with Crippen LogP contribution >= 0.6 is 11.3 Å². The van der Waals surface area contributed by atoms with Crippen molar-refractivity contribution in [2.24, 2.45) is 0 Å². The molecule has 114 valence electrons. The van der Waals surface area contributed by atoms with Crippen LogP contribution < -0.4 is 5.32 Å². The lowest BCUT2D eigenvalue weighted by Gasteiger charge is -2.35. The Morgan fingerprint density at radius 3 is 2.70 bits per heavy atom. The Bertz CT molecular complexity index is 385. The molecular weight excluding hydrogens is 272 g/mol. The van der Waals surface area contributed by atoms with E-state index >= 15 is 0 Å². The molecule has 1 fully saturated rings. The molecule has 1 aromatic heterocycles. The van der Waals surface area contributed by atoms with Crippen LogP contribution in [0.1, 0.15) is 48.7 Å². The van der Waals surface area contributed by atoms with Crippen molar-refractivity contribution >= 4 is 11.3 Å². The lowest BCUT2D eigenvalue weighted by Crippen LogP contribution is -2.36. The summed E-state index contributed by atoms with van der Waals surface area (Å²) >= 11 is 1.82. The maximum absolute atomic E-state index is 6.13. The van der Waals surface area contributed by atoms with Crippen LogP contribution in [0.5, 0.6) is 0 Å². The third kappa shape index (κ3) is 3.39. The molecule has 1 N–H and O–H groups in total. The molecule has 0 spiro atoms. The Kier molecular flexibility index (Phi) is 5.96. The summed E-state index contributed by atoms with van der Waals surface area (Å²) in [6.07, 6.45) is 4.01. The SMILES string of the molecule is CCCc1nc(C2(OCC)CCOCC2)sc1CNC. The highest BCUT2D eigenvalue weighted by Crippen LogP contribution is 2.39. The van der Waals surface area contributed by atoms with Gasteiger partial charge in [-0.2, -0.15) is 0 Å². The molecule has 1 saturated heterocycles. The molecule has 0 atom stereocenters. The van der Waals surface area contributed by atoms with E-state index in [1.54, 1.807) is 0 Å². The van der Waals surface area contributed by atoms with Crippen LogP contribution in [0, 0.1) is 0 Å². The monoisotopic (exact) mass is 298 g/mol. The summed E-state index contributed by atoms with van der Waals surface area (Å²) in [4.78, 5) is 6.29. The Balaban J connectivity index is 2.30. The van der Waals surface area contributed by atoms with E-state index in [2.05, 4.69) is 19.2 Å². The van der Waals surface area contributed by atoms with E-state index in [9.17, 15) is 0 Å². The van der Waals surface area contributed by atoms with Crippen molar-refractivity contribution in [1.82, 2.24) is 10.3 Å². The summed E-state index contributed by atoms with van der Waals surface area (Å²) in [5.74, 6) is 0. The first-order valence-electron chi connectivity index (χ1n) is 7.61. The highest BCUT2D eigenvalue weighted by atomic mass is 32.1. The summed E-state index contributed by atoms with van der Waals surface area (Å²) < 4.78 is 11.6. The number of aromatic nitrogens is 1. The Morgan fingerprint density at radius 2 is 2.10 bits per heavy atom. The summed E-state index contributed by atoms with van der Waals surface area (Å²) in [5.41, 5.74) is 1.03. The van der Waals surface area contributed by atoms with Crippen molar-refractivity contribution in [2.45, 2.75) is 51.7 Å². The second-order valence-electron chi connectivity index (χ2n) is 5.21. The number of hydrogen-bond acceptors (Lipinski definition) is 5. The van der Waals surface area contributed by atoms with Gasteiger partial charge in [-0.25, -0.2) is 4.98 Å². The summed E-state index contributed by atoms with van der Waals surface area (Å²) in [6, 6.07) is 0. The minimum absolute atomic E-state index is 0.216. The van der Waals surface area contributed by atoms with Crippen LogP contribution in [0.3, 0.4) is 0 Å². The molecule has 0 bridgehead atoms. The van der Waals surface area contributed by atoms with E-state index in [1.165, 1.54) is 10.6 Å².